The van der Waals surface area contributed by atoms with Crippen molar-refractivity contribution in [2.75, 3.05) is 19.9 Å². The summed E-state index contributed by atoms with van der Waals surface area (Å²) in [4.78, 5) is 0.223. The maximum atomic E-state index is 12.4. The van der Waals surface area contributed by atoms with E-state index < -0.39 is 10.0 Å². The third-order valence-electron chi connectivity index (χ3n) is 3.17. The molecule has 2 heterocycles. The lowest BCUT2D eigenvalue weighted by atomic mass is 10.3. The van der Waals surface area contributed by atoms with Gasteiger partial charge < -0.3 is 15.2 Å². The van der Waals surface area contributed by atoms with E-state index >= 15 is 0 Å². The highest BCUT2D eigenvalue weighted by atomic mass is 35.5. The predicted octanol–water partition coefficient (Wildman–Crippen LogP) is 0.559. The molecule has 0 bridgehead atoms. The summed E-state index contributed by atoms with van der Waals surface area (Å²) in [6.07, 6.45) is 0.698. The number of fused-ring (bicyclic) bond motifs is 1. The standard InChI is InChI=1S/C11H14N2O4S.ClH/c12-8-3-4-13(6-8)18(14,15)9-1-2-10-11(5-9)17-7-16-10;/h1-2,5,8H,3-4,6-7,12H2;1H/t8-;/m1./s1. The molecule has 1 atom stereocenters. The number of halogens is 1. The zero-order chi connectivity index (χ0) is 12.8. The number of rotatable bonds is 2. The Morgan fingerprint density at radius 3 is 2.68 bits per heavy atom. The average Bonchev–Trinajstić information content (AvgIpc) is 2.96. The third-order valence-corrected chi connectivity index (χ3v) is 5.03. The number of hydrogen-bond acceptors (Lipinski definition) is 5. The fraction of sp³-hybridized carbons (Fsp3) is 0.455. The van der Waals surface area contributed by atoms with Crippen molar-refractivity contribution in [3.8, 4) is 11.5 Å². The molecule has 0 radical (unpaired) electrons. The molecule has 1 saturated heterocycles. The lowest BCUT2D eigenvalue weighted by Crippen LogP contribution is -2.31. The molecule has 0 saturated carbocycles. The fourth-order valence-electron chi connectivity index (χ4n) is 2.16. The summed E-state index contributed by atoms with van der Waals surface area (Å²) >= 11 is 0. The van der Waals surface area contributed by atoms with Gasteiger partial charge in [0.15, 0.2) is 11.5 Å². The van der Waals surface area contributed by atoms with Crippen LogP contribution in [0.4, 0.5) is 0 Å². The summed E-state index contributed by atoms with van der Waals surface area (Å²) < 4.78 is 36.5. The zero-order valence-electron chi connectivity index (χ0n) is 10.1. The number of ether oxygens (including phenoxy) is 2. The molecule has 3 rings (SSSR count). The fourth-order valence-corrected chi connectivity index (χ4v) is 3.69. The van der Waals surface area contributed by atoms with E-state index in [9.17, 15) is 8.42 Å². The van der Waals surface area contributed by atoms with Gasteiger partial charge in [-0.2, -0.15) is 4.31 Å². The first-order chi connectivity index (χ1) is 8.57. The van der Waals surface area contributed by atoms with Crippen LogP contribution in [0.15, 0.2) is 23.1 Å². The minimum absolute atomic E-state index is 0. The smallest absolute Gasteiger partial charge is 0.243 e. The van der Waals surface area contributed by atoms with Gasteiger partial charge in [-0.05, 0) is 18.6 Å². The normalized spacial score (nSPS) is 22.3. The van der Waals surface area contributed by atoms with Crippen LogP contribution in [0.5, 0.6) is 11.5 Å². The van der Waals surface area contributed by atoms with E-state index in [-0.39, 0.29) is 30.1 Å². The van der Waals surface area contributed by atoms with E-state index in [1.165, 1.54) is 16.4 Å². The molecule has 8 heteroatoms. The van der Waals surface area contributed by atoms with Gasteiger partial charge in [0, 0.05) is 25.2 Å². The molecule has 1 aromatic carbocycles. The molecule has 1 fully saturated rings. The SMILES string of the molecule is Cl.N[C@@H]1CCN(S(=O)(=O)c2ccc3c(c2)OCO3)C1. The van der Waals surface area contributed by atoms with Gasteiger partial charge in [0.25, 0.3) is 0 Å². The number of benzene rings is 1. The Morgan fingerprint density at radius 1 is 1.26 bits per heavy atom. The number of hydrogen-bond donors (Lipinski definition) is 1. The first-order valence-electron chi connectivity index (χ1n) is 5.73. The second-order valence-corrected chi connectivity index (χ2v) is 6.36. The van der Waals surface area contributed by atoms with E-state index in [0.29, 0.717) is 31.0 Å². The van der Waals surface area contributed by atoms with Crippen LogP contribution in [0, 0.1) is 0 Å². The minimum Gasteiger partial charge on any atom is -0.454 e. The molecular weight excluding hydrogens is 292 g/mol. The van der Waals surface area contributed by atoms with Crippen LogP contribution in [0.3, 0.4) is 0 Å². The van der Waals surface area contributed by atoms with Crippen LogP contribution in [0.25, 0.3) is 0 Å². The number of nitrogens with two attached hydrogens (primary N) is 1. The quantitative estimate of drug-likeness (QED) is 0.863. The second kappa shape index (κ2) is 5.16. The molecule has 0 aliphatic carbocycles. The Morgan fingerprint density at radius 2 is 2.00 bits per heavy atom. The molecule has 6 nitrogen and oxygen atoms in total. The molecule has 1 aromatic rings. The zero-order valence-corrected chi connectivity index (χ0v) is 11.7. The lowest BCUT2D eigenvalue weighted by molar-refractivity contribution is 0.174. The van der Waals surface area contributed by atoms with Gasteiger partial charge in [-0.3, -0.25) is 0 Å². The molecule has 106 valence electrons. The Hall–Kier alpha value is -1.02. The van der Waals surface area contributed by atoms with Crippen molar-refractivity contribution in [1.29, 1.82) is 0 Å². The van der Waals surface area contributed by atoms with Crippen LogP contribution in [-0.4, -0.2) is 38.6 Å². The van der Waals surface area contributed by atoms with E-state index in [4.69, 9.17) is 15.2 Å². The molecule has 0 amide bonds. The second-order valence-electron chi connectivity index (χ2n) is 4.43. The topological polar surface area (TPSA) is 81.9 Å². The largest absolute Gasteiger partial charge is 0.454 e. The first kappa shape index (κ1) is 14.4. The van der Waals surface area contributed by atoms with Crippen molar-refractivity contribution < 1.29 is 17.9 Å². The van der Waals surface area contributed by atoms with Crippen LogP contribution < -0.4 is 15.2 Å². The van der Waals surface area contributed by atoms with Crippen LogP contribution in [0.1, 0.15) is 6.42 Å². The molecule has 0 aromatic heterocycles. The van der Waals surface area contributed by atoms with Gasteiger partial charge in [0.05, 0.1) is 4.90 Å². The highest BCUT2D eigenvalue weighted by molar-refractivity contribution is 7.89. The monoisotopic (exact) mass is 306 g/mol. The average molecular weight is 307 g/mol. The van der Waals surface area contributed by atoms with Gasteiger partial charge in [-0.15, -0.1) is 12.4 Å². The van der Waals surface area contributed by atoms with Crippen molar-refractivity contribution in [2.24, 2.45) is 5.73 Å². The Kier molecular flexibility index (Phi) is 3.91. The molecule has 2 aliphatic heterocycles. The van der Waals surface area contributed by atoms with Crippen LogP contribution in [-0.2, 0) is 10.0 Å². The van der Waals surface area contributed by atoms with Gasteiger partial charge in [0.2, 0.25) is 16.8 Å². The van der Waals surface area contributed by atoms with E-state index in [1.807, 2.05) is 0 Å². The van der Waals surface area contributed by atoms with E-state index in [1.54, 1.807) is 6.07 Å². The molecule has 19 heavy (non-hydrogen) atoms. The number of sulfonamides is 1. The minimum atomic E-state index is -3.48. The van der Waals surface area contributed by atoms with Crippen LogP contribution in [0.2, 0.25) is 0 Å². The number of nitrogens with zero attached hydrogens (tertiary/aromatic N) is 1. The van der Waals surface area contributed by atoms with Gasteiger partial charge >= 0.3 is 0 Å². The Labute approximate surface area is 117 Å². The van der Waals surface area contributed by atoms with Crippen molar-refractivity contribution in [2.45, 2.75) is 17.4 Å². The lowest BCUT2D eigenvalue weighted by Gasteiger charge is -2.16. The summed E-state index contributed by atoms with van der Waals surface area (Å²) in [6.45, 7) is 0.974. The highest BCUT2D eigenvalue weighted by Crippen LogP contribution is 2.35. The third kappa shape index (κ3) is 2.51. The Bertz CT molecular complexity index is 578. The predicted molar refractivity (Wildman–Crippen MR) is 71.2 cm³/mol. The van der Waals surface area contributed by atoms with Gasteiger partial charge in [-0.1, -0.05) is 0 Å². The maximum absolute atomic E-state index is 12.4. The summed E-state index contributed by atoms with van der Waals surface area (Å²) in [5, 5.41) is 0. The molecular formula is C11H15ClN2O4S. The molecule has 2 N–H and O–H groups in total. The van der Waals surface area contributed by atoms with E-state index in [0.717, 1.165) is 0 Å². The summed E-state index contributed by atoms with van der Waals surface area (Å²) in [7, 11) is -3.48. The van der Waals surface area contributed by atoms with Crippen molar-refractivity contribution in [1.82, 2.24) is 4.31 Å². The Balaban J connectivity index is 0.00000133. The highest BCUT2D eigenvalue weighted by Gasteiger charge is 2.31. The molecule has 0 unspecified atom stereocenters. The van der Waals surface area contributed by atoms with Gasteiger partial charge in [0.1, 0.15) is 0 Å². The maximum Gasteiger partial charge on any atom is 0.243 e. The molecule has 2 aliphatic rings. The van der Waals surface area contributed by atoms with Crippen molar-refractivity contribution >= 4 is 22.4 Å². The first-order valence-corrected chi connectivity index (χ1v) is 7.17. The summed E-state index contributed by atoms with van der Waals surface area (Å²) in [5.41, 5.74) is 5.74. The van der Waals surface area contributed by atoms with Gasteiger partial charge in [-0.25, -0.2) is 8.42 Å². The van der Waals surface area contributed by atoms with E-state index in [2.05, 4.69) is 0 Å². The summed E-state index contributed by atoms with van der Waals surface area (Å²) in [6, 6.07) is 4.58. The molecule has 0 spiro atoms. The van der Waals surface area contributed by atoms with Crippen LogP contribution >= 0.6 is 12.4 Å². The van der Waals surface area contributed by atoms with Crippen molar-refractivity contribution in [3.05, 3.63) is 18.2 Å². The van der Waals surface area contributed by atoms with Crippen molar-refractivity contribution in [3.63, 3.8) is 0 Å². The summed E-state index contributed by atoms with van der Waals surface area (Å²) in [5.74, 6) is 1.05.